The Labute approximate surface area is 239 Å². The molecule has 222 valence electrons. The van der Waals surface area contributed by atoms with Gasteiger partial charge in [-0.15, -0.1) is 0 Å². The molecule has 2 heterocycles. The van der Waals surface area contributed by atoms with E-state index in [2.05, 4.69) is 5.32 Å². The number of alkyl halides is 1. The Bertz CT molecular complexity index is 1320. The van der Waals surface area contributed by atoms with E-state index in [1.54, 1.807) is 13.3 Å². The predicted molar refractivity (Wildman–Crippen MR) is 151 cm³/mol. The van der Waals surface area contributed by atoms with E-state index >= 15 is 0 Å². The van der Waals surface area contributed by atoms with Gasteiger partial charge in [-0.05, 0) is 42.5 Å². The summed E-state index contributed by atoms with van der Waals surface area (Å²) in [6.45, 7) is 6.63. The largest absolute Gasteiger partial charge is 0.385 e. The number of ether oxygens (including phenoxy) is 1. The van der Waals surface area contributed by atoms with Crippen molar-refractivity contribution < 1.29 is 27.8 Å². The molecule has 0 bridgehead atoms. The van der Waals surface area contributed by atoms with E-state index in [9.17, 15) is 23.1 Å². The first-order valence-electron chi connectivity index (χ1n) is 13.9. The highest BCUT2D eigenvalue weighted by Crippen LogP contribution is 2.43. The number of methoxy groups -OCH3 is 1. The van der Waals surface area contributed by atoms with Gasteiger partial charge < -0.3 is 24.6 Å². The molecule has 1 aliphatic heterocycles. The first-order chi connectivity index (χ1) is 19.5. The maximum Gasteiger partial charge on any atom is 0.251 e. The summed E-state index contributed by atoms with van der Waals surface area (Å²) in [4.78, 5) is 20.0. The average molecular weight is 573 g/mol. The zero-order valence-corrected chi connectivity index (χ0v) is 24.0. The number of aliphatic hydroxyl groups is 1. The van der Waals surface area contributed by atoms with Crippen molar-refractivity contribution in [1.29, 1.82) is 0 Å². The Hall–Kier alpha value is -3.21. The van der Waals surface area contributed by atoms with Gasteiger partial charge in [-0.25, -0.2) is 18.2 Å². The lowest BCUT2D eigenvalue weighted by atomic mass is 9.79. The van der Waals surface area contributed by atoms with Crippen LogP contribution in [-0.4, -0.2) is 71.1 Å². The number of rotatable bonds is 12. The molecule has 0 radical (unpaired) electrons. The third-order valence-corrected chi connectivity index (χ3v) is 7.78. The van der Waals surface area contributed by atoms with Crippen LogP contribution >= 0.6 is 0 Å². The molecule has 0 spiro atoms. The Morgan fingerprint density at radius 3 is 2.59 bits per heavy atom. The number of nitrogens with zero attached hydrogens (tertiary/aromatic N) is 3. The van der Waals surface area contributed by atoms with Gasteiger partial charge in [0.15, 0.2) is 0 Å². The number of halogens is 3. The molecule has 3 unspecified atom stereocenters. The standard InChI is InChI=1S/C31H39F3N4O3/c1-20(39)30(40)38(18-22-15-35-16-26(22)34)28(31(2,3)12-13-41-4)29-36-27(24-14-23(32)10-11-25(24)33)19-37(29)17-21-8-6-5-7-9-21/h5-11,14,19-20,22,26,28,35,39H,12-13,15-18H2,1-4H3/t20-,22?,26?,28?/m0/s1. The topological polar surface area (TPSA) is 79.6 Å². The first kappa shape index (κ1) is 30.7. The zero-order valence-electron chi connectivity index (χ0n) is 24.0. The van der Waals surface area contributed by atoms with Crippen LogP contribution in [0.2, 0.25) is 0 Å². The SMILES string of the molecule is COCCC(C)(C)C(c1nc(-c2cc(F)ccc2F)cn1Cc1ccccc1)N(CC1CNCC1F)C(=O)[C@H](C)O. The van der Waals surface area contributed by atoms with Crippen molar-refractivity contribution >= 4 is 5.91 Å². The molecule has 2 N–H and O–H groups in total. The highest BCUT2D eigenvalue weighted by Gasteiger charge is 2.44. The fraction of sp³-hybridized carbons (Fsp3) is 0.484. The molecule has 1 fully saturated rings. The van der Waals surface area contributed by atoms with E-state index < -0.39 is 47.2 Å². The molecular formula is C31H39F3N4O3. The molecule has 1 aromatic heterocycles. The van der Waals surface area contributed by atoms with E-state index in [1.165, 1.54) is 11.8 Å². The number of aromatic nitrogens is 2. The predicted octanol–water partition coefficient (Wildman–Crippen LogP) is 4.75. The normalized spacial score (nSPS) is 18.8. The summed E-state index contributed by atoms with van der Waals surface area (Å²) in [5, 5.41) is 13.5. The van der Waals surface area contributed by atoms with Gasteiger partial charge in [0.1, 0.15) is 29.7 Å². The Balaban J connectivity index is 1.92. The number of amides is 1. The van der Waals surface area contributed by atoms with Gasteiger partial charge in [0.2, 0.25) is 0 Å². The van der Waals surface area contributed by atoms with Crippen molar-refractivity contribution in [2.75, 3.05) is 33.4 Å². The third-order valence-electron chi connectivity index (χ3n) is 7.78. The Morgan fingerprint density at radius 1 is 1.22 bits per heavy atom. The molecule has 2 aromatic carbocycles. The maximum absolute atomic E-state index is 15.0. The van der Waals surface area contributed by atoms with E-state index in [0.717, 1.165) is 23.8 Å². The van der Waals surface area contributed by atoms with Crippen LogP contribution < -0.4 is 5.32 Å². The lowest BCUT2D eigenvalue weighted by Crippen LogP contribution is -2.50. The second-order valence-electron chi connectivity index (χ2n) is 11.5. The average Bonchev–Trinajstić information content (AvgIpc) is 3.54. The number of hydrogen-bond acceptors (Lipinski definition) is 5. The van der Waals surface area contributed by atoms with Crippen molar-refractivity contribution in [3.8, 4) is 11.3 Å². The molecule has 1 aliphatic rings. The number of aliphatic hydroxyl groups excluding tert-OH is 1. The molecule has 1 amide bonds. The summed E-state index contributed by atoms with van der Waals surface area (Å²) in [5.41, 5.74) is 0.443. The summed E-state index contributed by atoms with van der Waals surface area (Å²) in [5.74, 6) is -1.87. The number of benzene rings is 2. The minimum atomic E-state index is -1.35. The summed E-state index contributed by atoms with van der Waals surface area (Å²) >= 11 is 0. The van der Waals surface area contributed by atoms with Crippen LogP contribution in [0.15, 0.2) is 54.7 Å². The van der Waals surface area contributed by atoms with Crippen LogP contribution in [0, 0.1) is 23.0 Å². The summed E-state index contributed by atoms with van der Waals surface area (Å²) in [6.07, 6.45) is -0.356. The monoisotopic (exact) mass is 572 g/mol. The number of nitrogens with one attached hydrogen (secondary N) is 1. The molecule has 0 aliphatic carbocycles. The minimum absolute atomic E-state index is 0.0104. The van der Waals surface area contributed by atoms with Gasteiger partial charge in [-0.1, -0.05) is 44.2 Å². The smallest absolute Gasteiger partial charge is 0.251 e. The minimum Gasteiger partial charge on any atom is -0.385 e. The van der Waals surface area contributed by atoms with Crippen LogP contribution in [0.5, 0.6) is 0 Å². The van der Waals surface area contributed by atoms with Crippen LogP contribution in [0.1, 0.15) is 44.6 Å². The number of imidazole rings is 1. The molecular weight excluding hydrogens is 533 g/mol. The highest BCUT2D eigenvalue weighted by atomic mass is 19.1. The van der Waals surface area contributed by atoms with E-state index in [1.807, 2.05) is 48.7 Å². The van der Waals surface area contributed by atoms with Crippen molar-refractivity contribution in [2.45, 2.75) is 52.1 Å². The van der Waals surface area contributed by atoms with Crippen LogP contribution in [-0.2, 0) is 16.1 Å². The van der Waals surface area contributed by atoms with Crippen molar-refractivity contribution in [2.24, 2.45) is 11.3 Å². The quantitative estimate of drug-likeness (QED) is 0.328. The molecule has 1 saturated heterocycles. The van der Waals surface area contributed by atoms with E-state index in [0.29, 0.717) is 31.9 Å². The fourth-order valence-electron chi connectivity index (χ4n) is 5.49. The molecule has 41 heavy (non-hydrogen) atoms. The summed E-state index contributed by atoms with van der Waals surface area (Å²) < 4.78 is 51.3. The van der Waals surface area contributed by atoms with Gasteiger partial charge in [0.05, 0.1) is 11.7 Å². The summed E-state index contributed by atoms with van der Waals surface area (Å²) in [7, 11) is 1.59. The first-order valence-corrected chi connectivity index (χ1v) is 13.9. The Morgan fingerprint density at radius 2 is 1.95 bits per heavy atom. The lowest BCUT2D eigenvalue weighted by Gasteiger charge is -2.43. The highest BCUT2D eigenvalue weighted by molar-refractivity contribution is 5.80. The number of hydrogen-bond donors (Lipinski definition) is 2. The molecule has 4 atom stereocenters. The molecule has 10 heteroatoms. The maximum atomic E-state index is 15.0. The second kappa shape index (κ2) is 13.2. The van der Waals surface area contributed by atoms with Gasteiger partial charge in [-0.3, -0.25) is 4.79 Å². The van der Waals surface area contributed by atoms with Gasteiger partial charge >= 0.3 is 0 Å². The van der Waals surface area contributed by atoms with Crippen molar-refractivity contribution in [1.82, 2.24) is 19.8 Å². The van der Waals surface area contributed by atoms with Crippen LogP contribution in [0.25, 0.3) is 11.3 Å². The molecule has 0 saturated carbocycles. The van der Waals surface area contributed by atoms with Gasteiger partial charge in [-0.2, -0.15) is 0 Å². The van der Waals surface area contributed by atoms with Crippen molar-refractivity contribution in [3.05, 3.63) is 77.8 Å². The van der Waals surface area contributed by atoms with Gasteiger partial charge in [0.25, 0.3) is 5.91 Å². The van der Waals surface area contributed by atoms with Crippen LogP contribution in [0.3, 0.4) is 0 Å². The second-order valence-corrected chi connectivity index (χ2v) is 11.5. The lowest BCUT2D eigenvalue weighted by molar-refractivity contribution is -0.146. The molecule has 7 nitrogen and oxygen atoms in total. The molecule has 3 aromatic rings. The molecule has 4 rings (SSSR count). The Kier molecular flexibility index (Phi) is 9.88. The van der Waals surface area contributed by atoms with Crippen molar-refractivity contribution in [3.63, 3.8) is 0 Å². The summed E-state index contributed by atoms with van der Waals surface area (Å²) in [6, 6.07) is 12.0. The van der Waals surface area contributed by atoms with Crippen LogP contribution in [0.4, 0.5) is 13.2 Å². The zero-order chi connectivity index (χ0) is 29.7. The van der Waals surface area contributed by atoms with Gasteiger partial charge in [0, 0.05) is 57.6 Å². The van der Waals surface area contributed by atoms with E-state index in [4.69, 9.17) is 9.72 Å². The van der Waals surface area contributed by atoms with E-state index in [-0.39, 0.29) is 24.3 Å². The number of carbonyl (C=O) groups is 1. The fourth-order valence-corrected chi connectivity index (χ4v) is 5.49. The third kappa shape index (κ3) is 7.17. The number of carbonyl (C=O) groups excluding carboxylic acids is 1.